The number of piperazine rings is 1. The summed E-state index contributed by atoms with van der Waals surface area (Å²) in [5.74, 6) is -0.142. The molecule has 0 saturated carbocycles. The number of halogens is 1. The zero-order valence-corrected chi connectivity index (χ0v) is 15.1. The predicted octanol–water partition coefficient (Wildman–Crippen LogP) is 0.985. The first-order valence-corrected chi connectivity index (χ1v) is 8.32. The van der Waals surface area contributed by atoms with Crippen molar-refractivity contribution in [1.29, 1.82) is 0 Å². The summed E-state index contributed by atoms with van der Waals surface area (Å²) in [7, 11) is 4.21. The van der Waals surface area contributed by atoms with Gasteiger partial charge >= 0.3 is 0 Å². The zero-order valence-electron chi connectivity index (χ0n) is 13.5. The summed E-state index contributed by atoms with van der Waals surface area (Å²) < 4.78 is 0.972. The molecule has 1 aliphatic heterocycles. The second-order valence-corrected chi connectivity index (χ2v) is 7.23. The number of carbonyl (C=O) groups excluding carboxylic acids is 1. The Morgan fingerprint density at radius 1 is 1.36 bits per heavy atom. The molecule has 1 aromatic rings. The van der Waals surface area contributed by atoms with Crippen molar-refractivity contribution in [3.63, 3.8) is 0 Å². The van der Waals surface area contributed by atoms with Gasteiger partial charge in [0.05, 0.1) is 0 Å². The van der Waals surface area contributed by atoms with E-state index in [4.69, 9.17) is 5.73 Å². The number of likely N-dealkylation sites (N-methyl/N-ethyl adjacent to an activating group) is 2. The highest BCUT2D eigenvalue weighted by molar-refractivity contribution is 9.10. The van der Waals surface area contributed by atoms with Crippen LogP contribution in [0.2, 0.25) is 0 Å². The molecule has 3 N–H and O–H groups in total. The van der Waals surface area contributed by atoms with E-state index in [0.717, 1.165) is 29.7 Å². The van der Waals surface area contributed by atoms with Gasteiger partial charge < -0.3 is 16.0 Å². The smallest absolute Gasteiger partial charge is 0.244 e. The molecule has 1 fully saturated rings. The molecule has 122 valence electrons. The lowest BCUT2D eigenvalue weighted by molar-refractivity contribution is -0.126. The van der Waals surface area contributed by atoms with Gasteiger partial charge in [0.1, 0.15) is 5.54 Å². The van der Waals surface area contributed by atoms with E-state index >= 15 is 0 Å². The fourth-order valence-corrected chi connectivity index (χ4v) is 2.91. The van der Waals surface area contributed by atoms with Gasteiger partial charge in [0, 0.05) is 36.7 Å². The molecule has 0 bridgehead atoms. The molecule has 2 atom stereocenters. The maximum Gasteiger partial charge on any atom is 0.244 e. The first kappa shape index (κ1) is 17.4. The van der Waals surface area contributed by atoms with Gasteiger partial charge in [0.25, 0.3) is 0 Å². The highest BCUT2D eigenvalue weighted by Crippen LogP contribution is 2.20. The third kappa shape index (κ3) is 4.07. The van der Waals surface area contributed by atoms with Crippen molar-refractivity contribution in [3.05, 3.63) is 34.3 Å². The van der Waals surface area contributed by atoms with Crippen LogP contribution in [0.15, 0.2) is 28.7 Å². The quantitative estimate of drug-likeness (QED) is 0.831. The van der Waals surface area contributed by atoms with E-state index in [1.54, 1.807) is 6.92 Å². The van der Waals surface area contributed by atoms with Crippen LogP contribution in [0.5, 0.6) is 0 Å². The largest absolute Gasteiger partial charge is 0.353 e. The minimum absolute atomic E-state index is 0.142. The van der Waals surface area contributed by atoms with Crippen molar-refractivity contribution in [1.82, 2.24) is 15.1 Å². The van der Waals surface area contributed by atoms with Crippen LogP contribution >= 0.6 is 15.9 Å². The SMILES string of the molecule is CN1CCN(C)C(CNC(=O)C(C)(N)c2ccc(Br)cc2)C1. The monoisotopic (exact) mass is 368 g/mol. The van der Waals surface area contributed by atoms with Crippen LogP contribution in [0.3, 0.4) is 0 Å². The Kier molecular flexibility index (Phi) is 5.60. The molecule has 1 amide bonds. The van der Waals surface area contributed by atoms with Gasteiger partial charge in [-0.05, 0) is 38.7 Å². The molecule has 22 heavy (non-hydrogen) atoms. The summed E-state index contributed by atoms with van der Waals surface area (Å²) in [4.78, 5) is 17.1. The molecule has 1 aliphatic rings. The molecule has 5 nitrogen and oxygen atoms in total. The molecule has 1 heterocycles. The number of rotatable bonds is 4. The lowest BCUT2D eigenvalue weighted by atomic mass is 9.92. The van der Waals surface area contributed by atoms with Crippen LogP contribution in [0.25, 0.3) is 0 Å². The molecule has 2 rings (SSSR count). The standard InChI is InChI=1S/C16H25BrN4O/c1-16(18,12-4-6-13(17)7-5-12)15(22)19-10-14-11-20(2)8-9-21(14)3/h4-7,14H,8-11,18H2,1-3H3,(H,19,22). The van der Waals surface area contributed by atoms with Crippen LogP contribution < -0.4 is 11.1 Å². The average molecular weight is 369 g/mol. The summed E-state index contributed by atoms with van der Waals surface area (Å²) >= 11 is 3.39. The van der Waals surface area contributed by atoms with Crippen LogP contribution in [-0.4, -0.2) is 62.0 Å². The number of nitrogens with one attached hydrogen (secondary N) is 1. The van der Waals surface area contributed by atoms with Crippen molar-refractivity contribution in [2.45, 2.75) is 18.5 Å². The first-order chi connectivity index (χ1) is 10.3. The van der Waals surface area contributed by atoms with Crippen molar-refractivity contribution < 1.29 is 4.79 Å². The van der Waals surface area contributed by atoms with Crippen molar-refractivity contribution in [3.8, 4) is 0 Å². The summed E-state index contributed by atoms with van der Waals surface area (Å²) in [5, 5.41) is 3.01. The Hall–Kier alpha value is -0.950. The van der Waals surface area contributed by atoms with Gasteiger partial charge in [-0.25, -0.2) is 0 Å². The Morgan fingerprint density at radius 2 is 2.00 bits per heavy atom. The van der Waals surface area contributed by atoms with Crippen LogP contribution in [0, 0.1) is 0 Å². The Balaban J connectivity index is 1.97. The fourth-order valence-electron chi connectivity index (χ4n) is 2.64. The summed E-state index contributed by atoms with van der Waals surface area (Å²) in [6.07, 6.45) is 0. The maximum atomic E-state index is 12.5. The average Bonchev–Trinajstić information content (AvgIpc) is 2.48. The lowest BCUT2D eigenvalue weighted by Crippen LogP contribution is -2.57. The van der Waals surface area contributed by atoms with Crippen LogP contribution in [0.1, 0.15) is 12.5 Å². The second-order valence-electron chi connectivity index (χ2n) is 6.32. The van der Waals surface area contributed by atoms with E-state index in [-0.39, 0.29) is 5.91 Å². The molecule has 0 radical (unpaired) electrons. The van der Waals surface area contributed by atoms with Gasteiger partial charge in [0.15, 0.2) is 0 Å². The van der Waals surface area contributed by atoms with E-state index in [9.17, 15) is 4.79 Å². The Bertz CT molecular complexity index is 517. The van der Waals surface area contributed by atoms with E-state index in [0.29, 0.717) is 12.6 Å². The van der Waals surface area contributed by atoms with Gasteiger partial charge in [0.2, 0.25) is 5.91 Å². The minimum atomic E-state index is -1.03. The highest BCUT2D eigenvalue weighted by atomic mass is 79.9. The molecule has 2 unspecified atom stereocenters. The number of hydrogen-bond acceptors (Lipinski definition) is 4. The first-order valence-electron chi connectivity index (χ1n) is 7.52. The minimum Gasteiger partial charge on any atom is -0.353 e. The molecule has 1 aromatic carbocycles. The number of hydrogen-bond donors (Lipinski definition) is 2. The highest BCUT2D eigenvalue weighted by Gasteiger charge is 2.31. The molecule has 6 heteroatoms. The van der Waals surface area contributed by atoms with Gasteiger partial charge in [-0.2, -0.15) is 0 Å². The fraction of sp³-hybridized carbons (Fsp3) is 0.562. The molecule has 1 saturated heterocycles. The van der Waals surface area contributed by atoms with Crippen molar-refractivity contribution in [2.24, 2.45) is 5.73 Å². The summed E-state index contributed by atoms with van der Waals surface area (Å²) in [6.45, 7) is 5.40. The van der Waals surface area contributed by atoms with Crippen molar-refractivity contribution in [2.75, 3.05) is 40.3 Å². The Labute approximate surface area is 141 Å². The third-order valence-corrected chi connectivity index (χ3v) is 4.92. The van der Waals surface area contributed by atoms with E-state index in [1.807, 2.05) is 24.3 Å². The molecule has 0 aromatic heterocycles. The van der Waals surface area contributed by atoms with Crippen molar-refractivity contribution >= 4 is 21.8 Å². The third-order valence-electron chi connectivity index (χ3n) is 4.39. The topological polar surface area (TPSA) is 61.6 Å². The number of nitrogens with two attached hydrogens (primary N) is 1. The molecular weight excluding hydrogens is 344 g/mol. The lowest BCUT2D eigenvalue weighted by Gasteiger charge is -2.38. The van der Waals surface area contributed by atoms with E-state index < -0.39 is 5.54 Å². The number of nitrogens with zero attached hydrogens (tertiary/aromatic N) is 2. The normalized spacial score (nSPS) is 23.0. The molecule has 0 aliphatic carbocycles. The van der Waals surface area contributed by atoms with Gasteiger partial charge in [-0.1, -0.05) is 28.1 Å². The zero-order chi connectivity index (χ0) is 16.3. The number of amides is 1. The van der Waals surface area contributed by atoms with E-state index in [1.165, 1.54) is 0 Å². The number of benzene rings is 1. The molecular formula is C16H25BrN4O. The summed E-state index contributed by atoms with van der Waals surface area (Å²) in [5.41, 5.74) is 6.04. The summed E-state index contributed by atoms with van der Waals surface area (Å²) in [6, 6.07) is 7.88. The predicted molar refractivity (Wildman–Crippen MR) is 92.6 cm³/mol. The molecule has 0 spiro atoms. The van der Waals surface area contributed by atoms with E-state index in [2.05, 4.69) is 45.1 Å². The van der Waals surface area contributed by atoms with Crippen LogP contribution in [-0.2, 0) is 10.3 Å². The number of carbonyl (C=O) groups is 1. The maximum absolute atomic E-state index is 12.5. The van der Waals surface area contributed by atoms with Gasteiger partial charge in [-0.15, -0.1) is 0 Å². The second kappa shape index (κ2) is 7.08. The van der Waals surface area contributed by atoms with Gasteiger partial charge in [-0.3, -0.25) is 9.69 Å². The Morgan fingerprint density at radius 3 is 2.64 bits per heavy atom. The van der Waals surface area contributed by atoms with Crippen LogP contribution in [0.4, 0.5) is 0 Å².